The normalized spacial score (nSPS) is 10.4. The number of aryl methyl sites for hydroxylation is 1. The summed E-state index contributed by atoms with van der Waals surface area (Å²) in [5.41, 5.74) is 5.97. The molecular weight excluding hydrogens is 304 g/mol. The van der Waals surface area contributed by atoms with Gasteiger partial charge in [0.25, 0.3) is 0 Å². The molecule has 4 rings (SSSR count). The number of nitrogens with zero attached hydrogens (tertiary/aromatic N) is 3. The highest BCUT2D eigenvalue weighted by Crippen LogP contribution is 2.26. The molecule has 4 nitrogen and oxygen atoms in total. The second-order valence-electron chi connectivity index (χ2n) is 4.90. The summed E-state index contributed by atoms with van der Waals surface area (Å²) < 4.78 is 1.18. The molecule has 0 aliphatic heterocycles. The molecule has 0 aliphatic carbocycles. The van der Waals surface area contributed by atoms with E-state index < -0.39 is 0 Å². The molecule has 0 radical (unpaired) electrons. The lowest BCUT2D eigenvalue weighted by molar-refractivity contribution is 1.22. The van der Waals surface area contributed by atoms with Crippen LogP contribution in [0.4, 0.5) is 11.5 Å². The number of nitrogens with one attached hydrogen (secondary N) is 1. The Bertz CT molecular complexity index is 946. The van der Waals surface area contributed by atoms with Crippen LogP contribution >= 0.6 is 11.3 Å². The van der Waals surface area contributed by atoms with E-state index in [2.05, 4.69) is 45.4 Å². The summed E-state index contributed by atoms with van der Waals surface area (Å²) in [6.45, 7) is 6.07. The fourth-order valence-electron chi connectivity index (χ4n) is 2.34. The van der Waals surface area contributed by atoms with E-state index >= 15 is 0 Å². The van der Waals surface area contributed by atoms with Crippen molar-refractivity contribution in [3.63, 3.8) is 0 Å². The van der Waals surface area contributed by atoms with Crippen LogP contribution in [0.2, 0.25) is 0 Å². The van der Waals surface area contributed by atoms with Crippen LogP contribution in [0, 0.1) is 6.92 Å². The van der Waals surface area contributed by atoms with Gasteiger partial charge in [-0.1, -0.05) is 25.5 Å². The third-order valence-corrected chi connectivity index (χ3v) is 4.19. The van der Waals surface area contributed by atoms with Gasteiger partial charge in [-0.3, -0.25) is 0 Å². The van der Waals surface area contributed by atoms with Crippen molar-refractivity contribution in [1.29, 1.82) is 0 Å². The lowest BCUT2D eigenvalue weighted by Crippen LogP contribution is -1.96. The minimum atomic E-state index is 0.818. The molecular formula is C18H18N4S. The van der Waals surface area contributed by atoms with E-state index in [0.29, 0.717) is 0 Å². The maximum atomic E-state index is 4.37. The molecule has 1 N–H and O–H groups in total. The summed E-state index contributed by atoms with van der Waals surface area (Å²) in [6.07, 6.45) is 1.58. The number of fused-ring (bicyclic) bond motifs is 2. The molecule has 0 amide bonds. The Kier molecular flexibility index (Phi) is 4.48. The van der Waals surface area contributed by atoms with Gasteiger partial charge >= 0.3 is 0 Å². The molecule has 23 heavy (non-hydrogen) atoms. The van der Waals surface area contributed by atoms with E-state index in [1.54, 1.807) is 17.7 Å². The van der Waals surface area contributed by atoms with Crippen LogP contribution < -0.4 is 5.32 Å². The highest BCUT2D eigenvalue weighted by atomic mass is 32.1. The number of benzene rings is 2. The molecule has 2 aromatic carbocycles. The third kappa shape index (κ3) is 3.14. The van der Waals surface area contributed by atoms with E-state index in [1.165, 1.54) is 10.3 Å². The molecule has 0 fully saturated rings. The van der Waals surface area contributed by atoms with Crippen molar-refractivity contribution in [3.8, 4) is 0 Å². The van der Waals surface area contributed by atoms with Gasteiger partial charge in [0.05, 0.1) is 21.2 Å². The predicted octanol–water partition coefficient (Wildman–Crippen LogP) is 5.32. The Morgan fingerprint density at radius 3 is 2.65 bits per heavy atom. The Labute approximate surface area is 139 Å². The van der Waals surface area contributed by atoms with E-state index in [9.17, 15) is 0 Å². The largest absolute Gasteiger partial charge is 0.340 e. The first kappa shape index (κ1) is 15.4. The fraction of sp³-hybridized carbons (Fsp3) is 0.167. The molecule has 0 unspecified atom stereocenters. The van der Waals surface area contributed by atoms with Crippen molar-refractivity contribution in [1.82, 2.24) is 15.0 Å². The van der Waals surface area contributed by atoms with Crippen molar-refractivity contribution in [3.05, 3.63) is 53.8 Å². The van der Waals surface area contributed by atoms with Gasteiger partial charge in [-0.05, 0) is 37.3 Å². The van der Waals surface area contributed by atoms with Crippen LogP contribution in [-0.4, -0.2) is 15.0 Å². The van der Waals surface area contributed by atoms with Gasteiger partial charge in [0.15, 0.2) is 0 Å². The Balaban J connectivity index is 0.000000753. The lowest BCUT2D eigenvalue weighted by Gasteiger charge is -2.08. The fourth-order valence-corrected chi connectivity index (χ4v) is 3.00. The minimum absolute atomic E-state index is 0.818. The summed E-state index contributed by atoms with van der Waals surface area (Å²) in [7, 11) is 0. The van der Waals surface area contributed by atoms with E-state index in [4.69, 9.17) is 0 Å². The SMILES string of the molecule is CC.Cc1ccc2ncnc(Nc3ccc4scnc4c3)c2c1. The first-order valence-electron chi connectivity index (χ1n) is 7.61. The Morgan fingerprint density at radius 1 is 0.913 bits per heavy atom. The number of rotatable bonds is 2. The zero-order chi connectivity index (χ0) is 16.2. The first-order chi connectivity index (χ1) is 11.3. The standard InChI is InChI=1S/C16H12N4S.C2H6/c1-10-2-4-13-12(6-10)16(18-8-17-13)20-11-3-5-15-14(7-11)19-9-21-15;1-2/h2-9H,1H3,(H,17,18,20);1-2H3. The molecule has 116 valence electrons. The van der Waals surface area contributed by atoms with Crippen LogP contribution in [0.25, 0.3) is 21.1 Å². The molecule has 0 saturated carbocycles. The molecule has 0 bridgehead atoms. The van der Waals surface area contributed by atoms with Crippen molar-refractivity contribution in [2.24, 2.45) is 0 Å². The highest BCUT2D eigenvalue weighted by molar-refractivity contribution is 7.16. The van der Waals surface area contributed by atoms with Crippen LogP contribution in [-0.2, 0) is 0 Å². The van der Waals surface area contributed by atoms with Gasteiger partial charge < -0.3 is 5.32 Å². The van der Waals surface area contributed by atoms with E-state index in [0.717, 1.165) is 27.9 Å². The number of hydrogen-bond donors (Lipinski definition) is 1. The van der Waals surface area contributed by atoms with Crippen molar-refractivity contribution in [2.45, 2.75) is 20.8 Å². The summed E-state index contributed by atoms with van der Waals surface area (Å²) in [5, 5.41) is 4.39. The molecule has 0 atom stereocenters. The van der Waals surface area contributed by atoms with Gasteiger partial charge in [-0.2, -0.15) is 0 Å². The molecule has 5 heteroatoms. The zero-order valence-corrected chi connectivity index (χ0v) is 14.2. The van der Waals surface area contributed by atoms with Gasteiger partial charge in [-0.25, -0.2) is 15.0 Å². The first-order valence-corrected chi connectivity index (χ1v) is 8.49. The van der Waals surface area contributed by atoms with E-state index in [-0.39, 0.29) is 0 Å². The van der Waals surface area contributed by atoms with Crippen LogP contribution in [0.3, 0.4) is 0 Å². The topological polar surface area (TPSA) is 50.7 Å². The monoisotopic (exact) mass is 322 g/mol. The average molecular weight is 322 g/mol. The van der Waals surface area contributed by atoms with Crippen LogP contribution in [0.15, 0.2) is 48.2 Å². The number of thiazole rings is 1. The molecule has 0 saturated heterocycles. The number of anilines is 2. The van der Waals surface area contributed by atoms with E-state index in [1.807, 2.05) is 37.6 Å². The quantitative estimate of drug-likeness (QED) is 0.543. The molecule has 2 aromatic heterocycles. The maximum Gasteiger partial charge on any atom is 0.141 e. The zero-order valence-electron chi connectivity index (χ0n) is 13.4. The predicted molar refractivity (Wildman–Crippen MR) is 98.5 cm³/mol. The van der Waals surface area contributed by atoms with Crippen molar-refractivity contribution in [2.75, 3.05) is 5.32 Å². The smallest absolute Gasteiger partial charge is 0.141 e. The minimum Gasteiger partial charge on any atom is -0.340 e. The van der Waals surface area contributed by atoms with Crippen molar-refractivity contribution >= 4 is 44.0 Å². The highest BCUT2D eigenvalue weighted by Gasteiger charge is 2.05. The summed E-state index contributed by atoms with van der Waals surface area (Å²) in [4.78, 5) is 13.0. The molecule has 4 aromatic rings. The number of hydrogen-bond acceptors (Lipinski definition) is 5. The van der Waals surface area contributed by atoms with Gasteiger partial charge in [0.2, 0.25) is 0 Å². The number of aromatic nitrogens is 3. The van der Waals surface area contributed by atoms with Gasteiger partial charge in [0, 0.05) is 11.1 Å². The lowest BCUT2D eigenvalue weighted by atomic mass is 10.1. The van der Waals surface area contributed by atoms with Crippen molar-refractivity contribution < 1.29 is 0 Å². The molecule has 2 heterocycles. The second-order valence-corrected chi connectivity index (χ2v) is 5.79. The molecule has 0 aliphatic rings. The maximum absolute atomic E-state index is 4.37. The Hall–Kier alpha value is -2.53. The second kappa shape index (κ2) is 6.71. The van der Waals surface area contributed by atoms with Gasteiger partial charge in [-0.15, -0.1) is 11.3 Å². The van der Waals surface area contributed by atoms with Crippen LogP contribution in [0.5, 0.6) is 0 Å². The third-order valence-electron chi connectivity index (χ3n) is 3.38. The Morgan fingerprint density at radius 2 is 1.78 bits per heavy atom. The summed E-state index contributed by atoms with van der Waals surface area (Å²) in [5.74, 6) is 0.818. The summed E-state index contributed by atoms with van der Waals surface area (Å²) in [6, 6.07) is 12.3. The average Bonchev–Trinajstić information content (AvgIpc) is 3.05. The molecule has 0 spiro atoms. The van der Waals surface area contributed by atoms with Gasteiger partial charge in [0.1, 0.15) is 12.1 Å². The summed E-state index contributed by atoms with van der Waals surface area (Å²) >= 11 is 1.64. The van der Waals surface area contributed by atoms with Crippen LogP contribution in [0.1, 0.15) is 19.4 Å².